The minimum Gasteiger partial charge on any atom is -0.489 e. The van der Waals surface area contributed by atoms with Crippen LogP contribution >= 0.6 is 0 Å². The van der Waals surface area contributed by atoms with E-state index in [1.807, 2.05) is 12.1 Å². The first-order valence-corrected chi connectivity index (χ1v) is 6.25. The van der Waals surface area contributed by atoms with E-state index in [9.17, 15) is 0 Å². The van der Waals surface area contributed by atoms with Gasteiger partial charge in [-0.25, -0.2) is 0 Å². The van der Waals surface area contributed by atoms with E-state index in [4.69, 9.17) is 15.2 Å². The van der Waals surface area contributed by atoms with Gasteiger partial charge in [-0.1, -0.05) is 6.92 Å². The molecule has 17 heavy (non-hydrogen) atoms. The summed E-state index contributed by atoms with van der Waals surface area (Å²) < 4.78 is 11.1. The van der Waals surface area contributed by atoms with Crippen molar-refractivity contribution >= 4 is 0 Å². The zero-order chi connectivity index (χ0) is 12.1. The third-order valence-electron chi connectivity index (χ3n) is 3.05. The van der Waals surface area contributed by atoms with Gasteiger partial charge in [0.2, 0.25) is 0 Å². The maximum absolute atomic E-state index is 5.91. The molecule has 1 aliphatic heterocycles. The van der Waals surface area contributed by atoms with Crippen molar-refractivity contribution in [3.8, 4) is 5.75 Å². The quantitative estimate of drug-likeness (QED) is 0.869. The molecule has 0 amide bonds. The number of hydrogen-bond donors (Lipinski definition) is 1. The standard InChI is InChI=1S/C13H20N2O2/c1-2-12(14)13-4-3-11(9-15-13)17-10-5-7-16-8-6-10/h3-4,9-10,12H,2,5-8,14H2,1H3/t12-/m0/s1. The molecule has 1 aliphatic rings. The Balaban J connectivity index is 1.93. The average molecular weight is 236 g/mol. The molecule has 0 radical (unpaired) electrons. The smallest absolute Gasteiger partial charge is 0.138 e. The predicted octanol–water partition coefficient (Wildman–Crippen LogP) is 2.05. The number of pyridine rings is 1. The average Bonchev–Trinajstić information content (AvgIpc) is 2.40. The Bertz CT molecular complexity index is 334. The van der Waals surface area contributed by atoms with E-state index in [0.29, 0.717) is 0 Å². The van der Waals surface area contributed by atoms with Crippen LogP contribution < -0.4 is 10.5 Å². The predicted molar refractivity (Wildman–Crippen MR) is 65.9 cm³/mol. The summed E-state index contributed by atoms with van der Waals surface area (Å²) in [6, 6.07) is 3.92. The van der Waals surface area contributed by atoms with Crippen LogP contribution in [0, 0.1) is 0 Å². The summed E-state index contributed by atoms with van der Waals surface area (Å²) in [5, 5.41) is 0. The fourth-order valence-electron chi connectivity index (χ4n) is 1.88. The van der Waals surface area contributed by atoms with Crippen molar-refractivity contribution < 1.29 is 9.47 Å². The van der Waals surface area contributed by atoms with Crippen molar-refractivity contribution in [3.63, 3.8) is 0 Å². The molecule has 2 rings (SSSR count). The third kappa shape index (κ3) is 3.41. The van der Waals surface area contributed by atoms with Crippen LogP contribution in [-0.4, -0.2) is 24.3 Å². The molecule has 1 saturated heterocycles. The first-order valence-electron chi connectivity index (χ1n) is 6.25. The lowest BCUT2D eigenvalue weighted by Crippen LogP contribution is -2.25. The Kier molecular flexibility index (Phi) is 4.34. The van der Waals surface area contributed by atoms with Gasteiger partial charge in [0.05, 0.1) is 25.1 Å². The summed E-state index contributed by atoms with van der Waals surface area (Å²) in [5.74, 6) is 0.823. The number of aromatic nitrogens is 1. The zero-order valence-electron chi connectivity index (χ0n) is 10.3. The summed E-state index contributed by atoms with van der Waals surface area (Å²) in [5.41, 5.74) is 6.83. The lowest BCUT2D eigenvalue weighted by molar-refractivity contribution is 0.0254. The fraction of sp³-hybridized carbons (Fsp3) is 0.615. The molecule has 2 heterocycles. The minimum atomic E-state index is 0.0205. The van der Waals surface area contributed by atoms with Crippen LogP contribution in [0.25, 0.3) is 0 Å². The highest BCUT2D eigenvalue weighted by atomic mass is 16.5. The Morgan fingerprint density at radius 1 is 1.47 bits per heavy atom. The minimum absolute atomic E-state index is 0.0205. The van der Waals surface area contributed by atoms with Gasteiger partial charge in [0.1, 0.15) is 11.9 Å². The molecular weight excluding hydrogens is 216 g/mol. The first kappa shape index (κ1) is 12.3. The van der Waals surface area contributed by atoms with Crippen molar-refractivity contribution in [1.29, 1.82) is 0 Å². The molecule has 1 atom stereocenters. The van der Waals surface area contributed by atoms with Crippen LogP contribution in [0.2, 0.25) is 0 Å². The molecule has 0 unspecified atom stereocenters. The highest BCUT2D eigenvalue weighted by molar-refractivity contribution is 5.21. The molecule has 0 saturated carbocycles. The van der Waals surface area contributed by atoms with E-state index in [1.54, 1.807) is 6.20 Å². The summed E-state index contributed by atoms with van der Waals surface area (Å²) >= 11 is 0. The summed E-state index contributed by atoms with van der Waals surface area (Å²) in [7, 11) is 0. The SMILES string of the molecule is CC[C@H](N)c1ccc(OC2CCOCC2)cn1. The number of rotatable bonds is 4. The van der Waals surface area contributed by atoms with Gasteiger partial charge in [0.25, 0.3) is 0 Å². The number of nitrogens with two attached hydrogens (primary N) is 1. The highest BCUT2D eigenvalue weighted by Gasteiger charge is 2.15. The highest BCUT2D eigenvalue weighted by Crippen LogP contribution is 2.19. The van der Waals surface area contributed by atoms with E-state index in [-0.39, 0.29) is 12.1 Å². The second-order valence-corrected chi connectivity index (χ2v) is 4.36. The van der Waals surface area contributed by atoms with E-state index in [2.05, 4.69) is 11.9 Å². The van der Waals surface area contributed by atoms with Gasteiger partial charge in [-0.15, -0.1) is 0 Å². The van der Waals surface area contributed by atoms with Crippen LogP contribution in [0.3, 0.4) is 0 Å². The van der Waals surface area contributed by atoms with Crippen molar-refractivity contribution in [3.05, 3.63) is 24.0 Å². The molecule has 0 spiro atoms. The Morgan fingerprint density at radius 2 is 2.24 bits per heavy atom. The monoisotopic (exact) mass is 236 g/mol. The van der Waals surface area contributed by atoms with Gasteiger partial charge >= 0.3 is 0 Å². The molecule has 0 aromatic carbocycles. The van der Waals surface area contributed by atoms with Gasteiger partial charge in [-0.05, 0) is 18.6 Å². The number of hydrogen-bond acceptors (Lipinski definition) is 4. The van der Waals surface area contributed by atoms with E-state index in [1.165, 1.54) is 0 Å². The molecule has 4 nitrogen and oxygen atoms in total. The number of ether oxygens (including phenoxy) is 2. The van der Waals surface area contributed by atoms with Gasteiger partial charge in [-0.2, -0.15) is 0 Å². The fourth-order valence-corrected chi connectivity index (χ4v) is 1.88. The van der Waals surface area contributed by atoms with Gasteiger partial charge in [-0.3, -0.25) is 4.98 Å². The second kappa shape index (κ2) is 5.98. The van der Waals surface area contributed by atoms with Crippen molar-refractivity contribution in [1.82, 2.24) is 4.98 Å². The molecular formula is C13H20N2O2. The van der Waals surface area contributed by atoms with Gasteiger partial charge in [0.15, 0.2) is 0 Å². The van der Waals surface area contributed by atoms with E-state index < -0.39 is 0 Å². The van der Waals surface area contributed by atoms with Crippen LogP contribution in [0.1, 0.15) is 37.9 Å². The van der Waals surface area contributed by atoms with Crippen LogP contribution in [-0.2, 0) is 4.74 Å². The van der Waals surface area contributed by atoms with E-state index >= 15 is 0 Å². The molecule has 2 N–H and O–H groups in total. The van der Waals surface area contributed by atoms with Crippen LogP contribution in [0.5, 0.6) is 5.75 Å². The third-order valence-corrected chi connectivity index (χ3v) is 3.05. The summed E-state index contributed by atoms with van der Waals surface area (Å²) in [6.07, 6.45) is 4.83. The Morgan fingerprint density at radius 3 is 2.82 bits per heavy atom. The van der Waals surface area contributed by atoms with E-state index in [0.717, 1.165) is 43.9 Å². The molecule has 0 bridgehead atoms. The van der Waals surface area contributed by atoms with Crippen molar-refractivity contribution in [2.75, 3.05) is 13.2 Å². The molecule has 1 aromatic rings. The first-order chi connectivity index (χ1) is 8.29. The topological polar surface area (TPSA) is 57.4 Å². The molecule has 0 aliphatic carbocycles. The summed E-state index contributed by atoms with van der Waals surface area (Å²) in [4.78, 5) is 4.33. The van der Waals surface area contributed by atoms with Gasteiger partial charge in [0, 0.05) is 18.9 Å². The molecule has 94 valence electrons. The maximum atomic E-state index is 5.91. The van der Waals surface area contributed by atoms with Crippen molar-refractivity contribution in [2.45, 2.75) is 38.3 Å². The molecule has 1 fully saturated rings. The maximum Gasteiger partial charge on any atom is 0.138 e. The number of nitrogens with zero attached hydrogens (tertiary/aromatic N) is 1. The van der Waals surface area contributed by atoms with Crippen LogP contribution in [0.4, 0.5) is 0 Å². The lowest BCUT2D eigenvalue weighted by atomic mass is 10.1. The largest absolute Gasteiger partial charge is 0.489 e. The lowest BCUT2D eigenvalue weighted by Gasteiger charge is -2.23. The second-order valence-electron chi connectivity index (χ2n) is 4.36. The Hall–Kier alpha value is -1.13. The van der Waals surface area contributed by atoms with Crippen molar-refractivity contribution in [2.24, 2.45) is 5.73 Å². The summed E-state index contributed by atoms with van der Waals surface area (Å²) in [6.45, 7) is 3.63. The van der Waals surface area contributed by atoms with Gasteiger partial charge < -0.3 is 15.2 Å². The molecule has 1 aromatic heterocycles. The zero-order valence-corrected chi connectivity index (χ0v) is 10.3. The van der Waals surface area contributed by atoms with Crippen LogP contribution in [0.15, 0.2) is 18.3 Å². The Labute approximate surface area is 102 Å². The molecule has 4 heteroatoms. The normalized spacial score (nSPS) is 18.9.